The number of rotatable bonds is 4. The van der Waals surface area contributed by atoms with Crippen molar-refractivity contribution in [2.45, 2.75) is 32.7 Å². The molecule has 0 bridgehead atoms. The van der Waals surface area contributed by atoms with Crippen molar-refractivity contribution in [2.75, 3.05) is 20.8 Å². The summed E-state index contributed by atoms with van der Waals surface area (Å²) in [5, 5.41) is 0. The van der Waals surface area contributed by atoms with Crippen molar-refractivity contribution in [1.82, 2.24) is 4.90 Å². The van der Waals surface area contributed by atoms with Crippen molar-refractivity contribution in [3.8, 4) is 11.5 Å². The third kappa shape index (κ3) is 3.21. The van der Waals surface area contributed by atoms with Crippen LogP contribution in [0.2, 0.25) is 0 Å². The number of hydrogen-bond acceptors (Lipinski definition) is 3. The Morgan fingerprint density at radius 3 is 2.64 bits per heavy atom. The summed E-state index contributed by atoms with van der Waals surface area (Å²) < 4.78 is 10.8. The Morgan fingerprint density at radius 1 is 1.12 bits per heavy atom. The summed E-state index contributed by atoms with van der Waals surface area (Å²) in [5.74, 6) is 1.62. The second-order valence-electron chi connectivity index (χ2n) is 6.51. The molecule has 4 nitrogen and oxygen atoms in total. The molecular formula is C21H25NO3. The van der Waals surface area contributed by atoms with Crippen LogP contribution < -0.4 is 9.47 Å². The maximum absolute atomic E-state index is 13.2. The fourth-order valence-electron chi connectivity index (χ4n) is 3.56. The average molecular weight is 339 g/mol. The van der Waals surface area contributed by atoms with E-state index < -0.39 is 0 Å². The molecule has 1 aliphatic heterocycles. The van der Waals surface area contributed by atoms with Crippen LogP contribution in [0, 0.1) is 13.8 Å². The molecule has 0 aliphatic carbocycles. The van der Waals surface area contributed by atoms with Gasteiger partial charge in [-0.15, -0.1) is 0 Å². The van der Waals surface area contributed by atoms with E-state index in [1.807, 2.05) is 55.1 Å². The molecule has 1 fully saturated rings. The number of methoxy groups -OCH3 is 2. The van der Waals surface area contributed by atoms with Gasteiger partial charge in [0.2, 0.25) is 0 Å². The Hall–Kier alpha value is -2.49. The summed E-state index contributed by atoms with van der Waals surface area (Å²) in [4.78, 5) is 15.2. The summed E-state index contributed by atoms with van der Waals surface area (Å²) in [6.07, 6.45) is 1.94. The zero-order valence-electron chi connectivity index (χ0n) is 15.3. The number of benzene rings is 2. The van der Waals surface area contributed by atoms with Crippen LogP contribution in [-0.4, -0.2) is 31.6 Å². The number of aryl methyl sites for hydroxylation is 1. The highest BCUT2D eigenvalue weighted by molar-refractivity contribution is 5.96. The Labute approximate surface area is 149 Å². The van der Waals surface area contributed by atoms with Crippen LogP contribution in [0.15, 0.2) is 36.4 Å². The lowest BCUT2D eigenvalue weighted by Crippen LogP contribution is -2.31. The zero-order valence-corrected chi connectivity index (χ0v) is 15.3. The van der Waals surface area contributed by atoms with Gasteiger partial charge in [0.05, 0.1) is 20.3 Å². The molecule has 4 heteroatoms. The van der Waals surface area contributed by atoms with Crippen LogP contribution in [0.4, 0.5) is 0 Å². The van der Waals surface area contributed by atoms with Gasteiger partial charge >= 0.3 is 0 Å². The van der Waals surface area contributed by atoms with E-state index in [1.54, 1.807) is 14.2 Å². The third-order valence-corrected chi connectivity index (χ3v) is 5.15. The number of hydrogen-bond donors (Lipinski definition) is 0. The predicted octanol–water partition coefficient (Wildman–Crippen LogP) is 4.30. The fraction of sp³-hybridized carbons (Fsp3) is 0.381. The van der Waals surface area contributed by atoms with Crippen LogP contribution in [0.1, 0.15) is 45.9 Å². The molecule has 1 aliphatic rings. The van der Waals surface area contributed by atoms with Crippen molar-refractivity contribution in [2.24, 2.45) is 0 Å². The first-order valence-corrected chi connectivity index (χ1v) is 8.66. The Kier molecular flexibility index (Phi) is 4.98. The molecule has 0 saturated carbocycles. The Bertz CT molecular complexity index is 785. The van der Waals surface area contributed by atoms with E-state index in [0.717, 1.165) is 53.1 Å². The normalized spacial score (nSPS) is 16.8. The van der Waals surface area contributed by atoms with Crippen LogP contribution in [0.3, 0.4) is 0 Å². The summed E-state index contributed by atoms with van der Waals surface area (Å²) in [5.41, 5.74) is 4.03. The highest BCUT2D eigenvalue weighted by Gasteiger charge is 2.33. The molecule has 0 radical (unpaired) electrons. The third-order valence-electron chi connectivity index (χ3n) is 5.15. The Morgan fingerprint density at radius 2 is 1.92 bits per heavy atom. The molecule has 1 saturated heterocycles. The second-order valence-corrected chi connectivity index (χ2v) is 6.51. The quantitative estimate of drug-likeness (QED) is 0.834. The van der Waals surface area contributed by atoms with E-state index in [0.29, 0.717) is 0 Å². The number of likely N-dealkylation sites (tertiary alicyclic amines) is 1. The van der Waals surface area contributed by atoms with Crippen LogP contribution in [0.5, 0.6) is 11.5 Å². The molecule has 1 unspecified atom stereocenters. The average Bonchev–Trinajstić information content (AvgIpc) is 3.12. The van der Waals surface area contributed by atoms with Crippen LogP contribution >= 0.6 is 0 Å². The standard InChI is InChI=1S/C21H25NO3/c1-14-7-5-8-17(15(14)2)21(23)22-12-6-9-19(22)18-11-10-16(24-3)13-20(18)25-4/h5,7-8,10-11,13,19H,6,9,12H2,1-4H3. The van der Waals surface area contributed by atoms with E-state index in [1.165, 1.54) is 0 Å². The molecule has 1 heterocycles. The van der Waals surface area contributed by atoms with E-state index in [-0.39, 0.29) is 11.9 Å². The minimum absolute atomic E-state index is 0.0354. The molecule has 132 valence electrons. The minimum atomic E-state index is 0.0354. The monoisotopic (exact) mass is 339 g/mol. The first kappa shape index (κ1) is 17.3. The van der Waals surface area contributed by atoms with E-state index in [4.69, 9.17) is 9.47 Å². The number of ether oxygens (including phenoxy) is 2. The molecule has 0 aromatic heterocycles. The largest absolute Gasteiger partial charge is 0.497 e. The second kappa shape index (κ2) is 7.18. The van der Waals surface area contributed by atoms with Gasteiger partial charge in [-0.25, -0.2) is 0 Å². The van der Waals surface area contributed by atoms with Crippen molar-refractivity contribution >= 4 is 5.91 Å². The fourth-order valence-corrected chi connectivity index (χ4v) is 3.56. The predicted molar refractivity (Wildman–Crippen MR) is 98.5 cm³/mol. The van der Waals surface area contributed by atoms with E-state index in [2.05, 4.69) is 0 Å². The first-order valence-electron chi connectivity index (χ1n) is 8.66. The number of carbonyl (C=O) groups is 1. The summed E-state index contributed by atoms with van der Waals surface area (Å²) in [6, 6.07) is 11.8. The highest BCUT2D eigenvalue weighted by atomic mass is 16.5. The summed E-state index contributed by atoms with van der Waals surface area (Å²) in [7, 11) is 3.30. The van der Waals surface area contributed by atoms with Gasteiger partial charge < -0.3 is 14.4 Å². The zero-order chi connectivity index (χ0) is 18.0. The maximum atomic E-state index is 13.2. The smallest absolute Gasteiger partial charge is 0.254 e. The minimum Gasteiger partial charge on any atom is -0.497 e. The van der Waals surface area contributed by atoms with Gasteiger partial charge in [-0.1, -0.05) is 12.1 Å². The molecule has 0 N–H and O–H groups in total. The number of carbonyl (C=O) groups excluding carboxylic acids is 1. The van der Waals surface area contributed by atoms with E-state index in [9.17, 15) is 4.79 Å². The van der Waals surface area contributed by atoms with Gasteiger partial charge in [0.15, 0.2) is 0 Å². The van der Waals surface area contributed by atoms with Gasteiger partial charge in [0.25, 0.3) is 5.91 Å². The van der Waals surface area contributed by atoms with Crippen molar-refractivity contribution in [3.05, 3.63) is 58.7 Å². The lowest BCUT2D eigenvalue weighted by molar-refractivity contribution is 0.0733. The van der Waals surface area contributed by atoms with Gasteiger partial charge in [-0.3, -0.25) is 4.79 Å². The van der Waals surface area contributed by atoms with Crippen molar-refractivity contribution in [1.29, 1.82) is 0 Å². The topological polar surface area (TPSA) is 38.8 Å². The van der Waals surface area contributed by atoms with E-state index >= 15 is 0 Å². The molecule has 25 heavy (non-hydrogen) atoms. The first-order chi connectivity index (χ1) is 12.1. The van der Waals surface area contributed by atoms with Crippen LogP contribution in [0.25, 0.3) is 0 Å². The van der Waals surface area contributed by atoms with Gasteiger partial charge in [-0.2, -0.15) is 0 Å². The van der Waals surface area contributed by atoms with Crippen molar-refractivity contribution < 1.29 is 14.3 Å². The molecule has 1 amide bonds. The lowest BCUT2D eigenvalue weighted by atomic mass is 10.00. The lowest BCUT2D eigenvalue weighted by Gasteiger charge is -2.27. The summed E-state index contributed by atoms with van der Waals surface area (Å²) >= 11 is 0. The van der Waals surface area contributed by atoms with Crippen molar-refractivity contribution in [3.63, 3.8) is 0 Å². The maximum Gasteiger partial charge on any atom is 0.254 e. The Balaban J connectivity index is 1.95. The molecule has 1 atom stereocenters. The van der Waals surface area contributed by atoms with Crippen LogP contribution in [-0.2, 0) is 0 Å². The molecule has 0 spiro atoms. The van der Waals surface area contributed by atoms with Gasteiger partial charge in [0.1, 0.15) is 11.5 Å². The number of amides is 1. The number of nitrogens with zero attached hydrogens (tertiary/aromatic N) is 1. The molecule has 3 rings (SSSR count). The van der Waals surface area contributed by atoms with Gasteiger partial charge in [0, 0.05) is 23.7 Å². The van der Waals surface area contributed by atoms with Gasteiger partial charge in [-0.05, 0) is 56.0 Å². The molecule has 2 aromatic rings. The molecular weight excluding hydrogens is 314 g/mol. The SMILES string of the molecule is COc1ccc(C2CCCN2C(=O)c2cccc(C)c2C)c(OC)c1. The molecule has 2 aromatic carbocycles. The summed E-state index contributed by atoms with van der Waals surface area (Å²) in [6.45, 7) is 4.83. The highest BCUT2D eigenvalue weighted by Crippen LogP contribution is 2.39.